The predicted molar refractivity (Wildman–Crippen MR) is 45.4 cm³/mol. The first-order chi connectivity index (χ1) is 2.77. The van der Waals surface area contributed by atoms with Gasteiger partial charge in [0.25, 0.3) is 0 Å². The molecular weight excluding hydrogens is 323 g/mol. The summed E-state index contributed by atoms with van der Waals surface area (Å²) >= 11 is 8.89. The molecule has 0 N–H and O–H groups in total. The van der Waals surface area contributed by atoms with Gasteiger partial charge in [0, 0.05) is 0 Å². The van der Waals surface area contributed by atoms with Crippen molar-refractivity contribution in [1.29, 1.82) is 0 Å². The first kappa shape index (κ1) is 29.4. The second-order valence-electron chi connectivity index (χ2n) is 0.740. The van der Waals surface area contributed by atoms with Crippen molar-refractivity contribution >= 4 is 75.3 Å². The molecule has 1 nitrogen and oxygen atoms in total. The molecule has 0 fully saturated rings. The normalized spacial score (nSPS) is 4.50. The fourth-order valence-electron chi connectivity index (χ4n) is 0.129. The summed E-state index contributed by atoms with van der Waals surface area (Å²) in [4.78, 5) is 0. The number of nitrogens with zero attached hydrogens (tertiary/aromatic N) is 1. The summed E-state index contributed by atoms with van der Waals surface area (Å²) < 4.78 is 0.331. The first-order valence-corrected chi connectivity index (χ1v) is 2.47. The minimum atomic E-state index is 0. The zero-order chi connectivity index (χ0) is 4.99. The van der Waals surface area contributed by atoms with Gasteiger partial charge in [0.15, 0.2) is 0 Å². The van der Waals surface area contributed by atoms with Crippen molar-refractivity contribution in [1.82, 2.24) is 0 Å². The maximum atomic E-state index is 4.44. The minimum absolute atomic E-state index is 0. The molecule has 0 aliphatic rings. The van der Waals surface area contributed by atoms with E-state index in [2.05, 4.69) is 30.2 Å². The van der Waals surface area contributed by atoms with Crippen LogP contribution < -0.4 is 34.0 Å². The Labute approximate surface area is 126 Å². The van der Waals surface area contributed by atoms with Crippen LogP contribution in [-0.4, -0.2) is 57.0 Å². The Hall–Kier alpha value is 2.60. The molecule has 0 aliphatic heterocycles. The minimum Gasteiger partial charge on any atom is -1.00 e. The summed E-state index contributed by atoms with van der Waals surface area (Å²) in [6.07, 6.45) is 0. The molecule has 0 aromatic heterocycles. The zero-order valence-electron chi connectivity index (χ0n) is 5.64. The number of halogens is 2. The molecule has 0 radical (unpaired) electrons. The van der Waals surface area contributed by atoms with E-state index in [-0.39, 0.29) is 80.1 Å². The van der Waals surface area contributed by atoms with Crippen molar-refractivity contribution in [2.75, 3.05) is 6.54 Å². The van der Waals surface area contributed by atoms with Gasteiger partial charge >= 0.3 is 46.1 Å². The Kier molecular flexibility index (Phi) is 66.2. The second kappa shape index (κ2) is 22.6. The van der Waals surface area contributed by atoms with Crippen LogP contribution in [0.4, 0.5) is 0 Å². The van der Waals surface area contributed by atoms with Gasteiger partial charge in [0.2, 0.25) is 0 Å². The van der Waals surface area contributed by atoms with E-state index < -0.39 is 0 Å². The van der Waals surface area contributed by atoms with Crippen LogP contribution in [0.2, 0.25) is 0 Å². The second-order valence-corrected chi connectivity index (χ2v) is 1.77. The van der Waals surface area contributed by atoms with Crippen molar-refractivity contribution in [3.05, 3.63) is 5.32 Å². The van der Waals surface area contributed by atoms with Gasteiger partial charge in [-0.05, 0) is 0 Å². The Bertz CT molecular complexity index is 66.5. The van der Waals surface area contributed by atoms with E-state index in [0.717, 1.165) is 0 Å². The van der Waals surface area contributed by atoms with Gasteiger partial charge in [0.05, 0.1) is 0 Å². The Balaban J connectivity index is -0.0000000208. The molecule has 0 aromatic carbocycles. The van der Waals surface area contributed by atoms with Crippen molar-refractivity contribution in [3.63, 3.8) is 0 Å². The Morgan fingerprint density at radius 1 is 1.40 bits per heavy atom. The van der Waals surface area contributed by atoms with E-state index in [1.807, 2.05) is 6.92 Å². The van der Waals surface area contributed by atoms with Gasteiger partial charge in [-0.3, -0.25) is 4.32 Å². The van der Waals surface area contributed by atoms with Gasteiger partial charge in [-0.1, -0.05) is 6.92 Å². The van der Waals surface area contributed by atoms with E-state index in [0.29, 0.717) is 10.9 Å². The Morgan fingerprint density at radius 3 is 1.70 bits per heavy atom. The summed E-state index contributed by atoms with van der Waals surface area (Å²) in [6, 6.07) is 0. The molecule has 52 valence electrons. The van der Waals surface area contributed by atoms with Crippen molar-refractivity contribution in [2.24, 2.45) is 0 Å². The third-order valence-corrected chi connectivity index (χ3v) is 0.545. The number of thiocarbonyl (C=S) groups is 1. The van der Waals surface area contributed by atoms with Crippen LogP contribution in [0.5, 0.6) is 0 Å². The number of hydrogen-bond donors (Lipinski definition) is 0. The van der Waals surface area contributed by atoms with Crippen LogP contribution in [0.1, 0.15) is 6.92 Å². The van der Waals surface area contributed by atoms with Gasteiger partial charge < -0.3 is 64.1 Å². The van der Waals surface area contributed by atoms with E-state index in [4.69, 9.17) is 0 Å². The standard InChI is InChI=1S/C3H7NS2.2BrH.2Mg/c1-2-4-3(5)6;;;;/h2H2,1H3,(H2,4,5,6);2*1H;;/q;;;2*+2/p-4. The SMILES string of the molecule is CC[N-]C(=S)[S-].[Br-].[Br-].[Mg+2].[Mg+2]. The van der Waals surface area contributed by atoms with Crippen molar-refractivity contribution in [2.45, 2.75) is 6.92 Å². The molecule has 0 unspecified atom stereocenters. The van der Waals surface area contributed by atoms with Crippen LogP contribution in [0, 0.1) is 0 Å². The van der Waals surface area contributed by atoms with Crippen molar-refractivity contribution in [3.8, 4) is 0 Å². The molecule has 0 saturated heterocycles. The molecular formula is C3H5Br2Mg2NS2. The molecule has 0 bridgehead atoms. The molecule has 0 amide bonds. The van der Waals surface area contributed by atoms with Crippen LogP contribution in [0.25, 0.3) is 5.32 Å². The Morgan fingerprint density at radius 2 is 1.70 bits per heavy atom. The van der Waals surface area contributed by atoms with Gasteiger partial charge in [-0.25, -0.2) is 0 Å². The molecule has 10 heavy (non-hydrogen) atoms. The maximum Gasteiger partial charge on any atom is 2.00 e. The van der Waals surface area contributed by atoms with E-state index in [1.54, 1.807) is 0 Å². The van der Waals surface area contributed by atoms with Gasteiger partial charge in [0.1, 0.15) is 0 Å². The topological polar surface area (TPSA) is 14.1 Å². The van der Waals surface area contributed by atoms with Crippen molar-refractivity contribution < 1.29 is 34.0 Å². The average Bonchev–Trinajstić information content (AvgIpc) is 1.35. The third kappa shape index (κ3) is 31.1. The fraction of sp³-hybridized carbons (Fsp3) is 0.667. The number of rotatable bonds is 1. The first-order valence-electron chi connectivity index (χ1n) is 1.66. The monoisotopic (exact) mass is 325 g/mol. The largest absolute Gasteiger partial charge is 2.00 e. The predicted octanol–water partition coefficient (Wildman–Crippen LogP) is -5.54. The molecule has 0 rings (SSSR count). The summed E-state index contributed by atoms with van der Waals surface area (Å²) in [5.74, 6) is 0. The van der Waals surface area contributed by atoms with Crippen LogP contribution in [0.3, 0.4) is 0 Å². The van der Waals surface area contributed by atoms with Gasteiger partial charge in [-0.15, -0.1) is 6.54 Å². The van der Waals surface area contributed by atoms with Gasteiger partial charge in [-0.2, -0.15) is 0 Å². The summed E-state index contributed by atoms with van der Waals surface area (Å²) in [5.41, 5.74) is 0. The molecule has 0 spiro atoms. The van der Waals surface area contributed by atoms with Crippen LogP contribution in [-0.2, 0) is 12.6 Å². The van der Waals surface area contributed by atoms with Crippen LogP contribution >= 0.6 is 12.2 Å². The number of hydrogen-bond acceptors (Lipinski definition) is 2. The summed E-state index contributed by atoms with van der Waals surface area (Å²) in [6.45, 7) is 2.61. The van der Waals surface area contributed by atoms with Crippen LogP contribution in [0.15, 0.2) is 0 Å². The third-order valence-electron chi connectivity index (χ3n) is 0.287. The average molecular weight is 328 g/mol. The molecule has 7 heteroatoms. The smallest absolute Gasteiger partial charge is 1.00 e. The fourth-order valence-corrected chi connectivity index (χ4v) is 0.387. The molecule has 0 saturated carbocycles. The zero-order valence-corrected chi connectivity index (χ0v) is 13.3. The molecule has 0 atom stereocenters. The molecule has 0 heterocycles. The maximum absolute atomic E-state index is 4.44. The quantitative estimate of drug-likeness (QED) is 0.271. The molecule has 0 aromatic rings. The van der Waals surface area contributed by atoms with E-state index in [9.17, 15) is 0 Å². The van der Waals surface area contributed by atoms with E-state index >= 15 is 0 Å². The summed E-state index contributed by atoms with van der Waals surface area (Å²) in [7, 11) is 0. The van der Waals surface area contributed by atoms with E-state index in [1.165, 1.54) is 0 Å². The summed E-state index contributed by atoms with van der Waals surface area (Å²) in [5, 5.41) is 3.67. The molecule has 0 aliphatic carbocycles.